The predicted octanol–water partition coefficient (Wildman–Crippen LogP) is 1.66. The molecule has 1 atom stereocenters. The third-order valence-electron chi connectivity index (χ3n) is 3.64. The molecule has 2 rings (SSSR count). The summed E-state index contributed by atoms with van der Waals surface area (Å²) in [7, 11) is 7.84. The molecule has 1 fully saturated rings. The maximum absolute atomic E-state index is 4.41. The van der Waals surface area contributed by atoms with E-state index in [9.17, 15) is 0 Å². The largest absolute Gasteiger partial charge is 0.355 e. The van der Waals surface area contributed by atoms with Crippen LogP contribution < -0.4 is 15.5 Å². The lowest BCUT2D eigenvalue weighted by Gasteiger charge is -2.16. The minimum Gasteiger partial charge on any atom is -0.355 e. The highest BCUT2D eigenvalue weighted by Gasteiger charge is 2.15. The topological polar surface area (TPSA) is 57.5 Å². The number of rotatable bonds is 5. The van der Waals surface area contributed by atoms with E-state index in [1.54, 1.807) is 0 Å². The number of guanidine groups is 1. The summed E-state index contributed by atoms with van der Waals surface area (Å²) in [5.74, 6) is 3.10. The first-order valence-electron chi connectivity index (χ1n) is 7.36. The van der Waals surface area contributed by atoms with E-state index >= 15 is 0 Å². The van der Waals surface area contributed by atoms with Gasteiger partial charge >= 0.3 is 0 Å². The number of nitrogens with zero attached hydrogens (tertiary/aromatic N) is 4. The van der Waals surface area contributed by atoms with Crippen LogP contribution in [0.15, 0.2) is 11.2 Å². The molecule has 1 aromatic rings. The highest BCUT2D eigenvalue weighted by molar-refractivity contribution is 14.0. The fourth-order valence-electron chi connectivity index (χ4n) is 2.42. The molecule has 0 saturated carbocycles. The van der Waals surface area contributed by atoms with Crippen LogP contribution in [0.5, 0.6) is 0 Å². The fraction of sp³-hybridized carbons (Fsp3) is 0.714. The van der Waals surface area contributed by atoms with Gasteiger partial charge in [-0.1, -0.05) is 0 Å². The van der Waals surface area contributed by atoms with Crippen LogP contribution >= 0.6 is 35.7 Å². The summed E-state index contributed by atoms with van der Waals surface area (Å²) in [6, 6.07) is 0. The molecule has 0 amide bonds. The first-order chi connectivity index (χ1) is 10.1. The number of thioether (sulfide) groups is 1. The summed E-state index contributed by atoms with van der Waals surface area (Å²) >= 11 is 2.05. The Kier molecular flexibility index (Phi) is 8.37. The zero-order chi connectivity index (χ0) is 15.2. The third kappa shape index (κ3) is 5.22. The highest BCUT2D eigenvalue weighted by Crippen LogP contribution is 2.25. The number of imidazole rings is 1. The molecule has 1 aromatic heterocycles. The molecule has 1 aliphatic heterocycles. The van der Waals surface area contributed by atoms with Crippen molar-refractivity contribution in [1.82, 2.24) is 20.2 Å². The van der Waals surface area contributed by atoms with Crippen LogP contribution in [-0.2, 0) is 13.6 Å². The van der Waals surface area contributed by atoms with E-state index in [4.69, 9.17) is 0 Å². The number of hydrogen-bond donors (Lipinski definition) is 2. The SMILES string of the molecule is CN=C(NCc1cnc(N(C)C)n1C)NCC1CCCS1.I. The van der Waals surface area contributed by atoms with Crippen LogP contribution in [0.3, 0.4) is 0 Å². The molecule has 0 radical (unpaired) electrons. The monoisotopic (exact) mass is 438 g/mol. The second-order valence-electron chi connectivity index (χ2n) is 5.44. The van der Waals surface area contributed by atoms with Crippen molar-refractivity contribution in [2.75, 3.05) is 38.3 Å². The molecule has 1 aliphatic rings. The second kappa shape index (κ2) is 9.49. The predicted molar refractivity (Wildman–Crippen MR) is 107 cm³/mol. The van der Waals surface area contributed by atoms with E-state index in [1.807, 2.05) is 39.3 Å². The van der Waals surface area contributed by atoms with Gasteiger partial charge in [0.1, 0.15) is 0 Å². The van der Waals surface area contributed by atoms with Crippen molar-refractivity contribution in [1.29, 1.82) is 0 Å². The van der Waals surface area contributed by atoms with E-state index in [-0.39, 0.29) is 24.0 Å². The van der Waals surface area contributed by atoms with Crippen LogP contribution in [0.1, 0.15) is 18.5 Å². The number of hydrogen-bond acceptors (Lipinski definition) is 4. The molecular weight excluding hydrogens is 411 g/mol. The van der Waals surface area contributed by atoms with E-state index in [0.29, 0.717) is 0 Å². The second-order valence-corrected chi connectivity index (χ2v) is 6.85. The maximum Gasteiger partial charge on any atom is 0.204 e. The Morgan fingerprint density at radius 2 is 2.27 bits per heavy atom. The van der Waals surface area contributed by atoms with Gasteiger partial charge in [-0.05, 0) is 18.6 Å². The average molecular weight is 438 g/mol. The molecule has 6 nitrogen and oxygen atoms in total. The van der Waals surface area contributed by atoms with E-state index < -0.39 is 0 Å². The van der Waals surface area contributed by atoms with Crippen molar-refractivity contribution in [3.8, 4) is 0 Å². The Labute approximate surface area is 154 Å². The lowest BCUT2D eigenvalue weighted by molar-refractivity contribution is 0.712. The van der Waals surface area contributed by atoms with Gasteiger partial charge in [0.05, 0.1) is 18.4 Å². The van der Waals surface area contributed by atoms with Crippen LogP contribution in [-0.4, -0.2) is 54.2 Å². The molecule has 0 bridgehead atoms. The summed E-state index contributed by atoms with van der Waals surface area (Å²) in [5.41, 5.74) is 1.14. The van der Waals surface area contributed by atoms with Crippen molar-refractivity contribution in [2.24, 2.45) is 12.0 Å². The number of anilines is 1. The normalized spacial score (nSPS) is 18.0. The highest BCUT2D eigenvalue weighted by atomic mass is 127. The Hall–Kier alpha value is -0.640. The summed E-state index contributed by atoms with van der Waals surface area (Å²) in [4.78, 5) is 10.7. The molecule has 1 saturated heterocycles. The molecule has 126 valence electrons. The van der Waals surface area contributed by atoms with Crippen molar-refractivity contribution in [2.45, 2.75) is 24.6 Å². The van der Waals surface area contributed by atoms with Crippen LogP contribution in [0, 0.1) is 0 Å². The number of halogens is 1. The first-order valence-corrected chi connectivity index (χ1v) is 8.40. The Balaban J connectivity index is 0.00000242. The minimum absolute atomic E-state index is 0. The molecule has 1 unspecified atom stereocenters. The third-order valence-corrected chi connectivity index (χ3v) is 5.04. The van der Waals surface area contributed by atoms with Gasteiger partial charge in [-0.2, -0.15) is 11.8 Å². The lowest BCUT2D eigenvalue weighted by Crippen LogP contribution is -2.40. The molecule has 8 heteroatoms. The van der Waals surface area contributed by atoms with Gasteiger partial charge in [0.2, 0.25) is 5.95 Å². The van der Waals surface area contributed by atoms with Gasteiger partial charge in [-0.3, -0.25) is 4.99 Å². The van der Waals surface area contributed by atoms with E-state index in [0.717, 1.165) is 35.9 Å². The lowest BCUT2D eigenvalue weighted by atomic mass is 10.2. The quantitative estimate of drug-likeness (QED) is 0.416. The maximum atomic E-state index is 4.41. The summed E-state index contributed by atoms with van der Waals surface area (Å²) in [6.07, 6.45) is 4.55. The number of nitrogens with one attached hydrogen (secondary N) is 2. The molecule has 2 heterocycles. The van der Waals surface area contributed by atoms with E-state index in [2.05, 4.69) is 36.9 Å². The van der Waals surface area contributed by atoms with Crippen LogP contribution in [0.2, 0.25) is 0 Å². The fourth-order valence-corrected chi connectivity index (χ4v) is 3.63. The molecule has 0 aliphatic carbocycles. The van der Waals surface area contributed by atoms with Crippen LogP contribution in [0.4, 0.5) is 5.95 Å². The standard InChI is InChI=1S/C14H26N6S.HI/c1-15-13(17-10-12-6-5-7-21-12)16-8-11-9-18-14(19(2)3)20(11)4;/h9,12H,5-8,10H2,1-4H3,(H2,15,16,17);1H. The molecule has 2 N–H and O–H groups in total. The molecule has 0 aromatic carbocycles. The zero-order valence-corrected chi connectivity index (χ0v) is 16.9. The van der Waals surface area contributed by atoms with Gasteiger partial charge in [0.15, 0.2) is 5.96 Å². The Morgan fingerprint density at radius 3 is 2.82 bits per heavy atom. The smallest absolute Gasteiger partial charge is 0.204 e. The zero-order valence-electron chi connectivity index (χ0n) is 13.8. The average Bonchev–Trinajstić information content (AvgIpc) is 3.09. The molecular formula is C14H27IN6S. The van der Waals surface area contributed by atoms with Crippen LogP contribution in [0.25, 0.3) is 0 Å². The molecule has 22 heavy (non-hydrogen) atoms. The number of aliphatic imine (C=N–C) groups is 1. The summed E-state index contributed by atoms with van der Waals surface area (Å²) in [6.45, 7) is 1.70. The van der Waals surface area contributed by atoms with E-state index in [1.165, 1.54) is 18.6 Å². The van der Waals surface area contributed by atoms with Gasteiger partial charge in [0, 0.05) is 40.0 Å². The van der Waals surface area contributed by atoms with Crippen molar-refractivity contribution < 1.29 is 0 Å². The summed E-state index contributed by atoms with van der Waals surface area (Å²) < 4.78 is 2.09. The van der Waals surface area contributed by atoms with Gasteiger partial charge in [-0.15, -0.1) is 24.0 Å². The van der Waals surface area contributed by atoms with Gasteiger partial charge in [-0.25, -0.2) is 4.98 Å². The Bertz CT molecular complexity index is 482. The Morgan fingerprint density at radius 1 is 1.50 bits per heavy atom. The summed E-state index contributed by atoms with van der Waals surface area (Å²) in [5, 5.41) is 7.48. The molecule has 0 spiro atoms. The van der Waals surface area contributed by atoms with Gasteiger partial charge in [0.25, 0.3) is 0 Å². The van der Waals surface area contributed by atoms with Crippen molar-refractivity contribution in [3.63, 3.8) is 0 Å². The van der Waals surface area contributed by atoms with Gasteiger partial charge < -0.3 is 20.1 Å². The van der Waals surface area contributed by atoms with Crippen molar-refractivity contribution in [3.05, 3.63) is 11.9 Å². The first kappa shape index (κ1) is 19.4. The number of aromatic nitrogens is 2. The minimum atomic E-state index is 0. The van der Waals surface area contributed by atoms with Crippen molar-refractivity contribution >= 4 is 47.6 Å².